The molecule has 1 unspecified atom stereocenters. The molecule has 0 aliphatic heterocycles. The second kappa shape index (κ2) is 5.81. The van der Waals surface area contributed by atoms with E-state index < -0.39 is 16.0 Å². The lowest BCUT2D eigenvalue weighted by Crippen LogP contribution is -2.35. The zero-order chi connectivity index (χ0) is 13.9. The molecular formula is C11H14N2O4S2. The van der Waals surface area contributed by atoms with Gasteiger partial charge in [-0.15, -0.1) is 11.3 Å². The number of hydrogen-bond acceptors (Lipinski definition) is 6. The fourth-order valence-corrected chi connectivity index (χ4v) is 4.26. The molecule has 1 aliphatic rings. The summed E-state index contributed by atoms with van der Waals surface area (Å²) in [6.45, 7) is 0. The molecule has 0 bridgehead atoms. The minimum atomic E-state index is -3.73. The van der Waals surface area contributed by atoms with Gasteiger partial charge < -0.3 is 4.74 Å². The molecule has 0 aromatic carbocycles. The van der Waals surface area contributed by atoms with Crippen LogP contribution in [-0.2, 0) is 14.8 Å². The maximum atomic E-state index is 12.2. The number of aromatic nitrogens is 1. The molecule has 8 heteroatoms. The van der Waals surface area contributed by atoms with Crippen LogP contribution in [0.4, 0.5) is 0 Å². The first-order valence-electron chi connectivity index (χ1n) is 5.73. The van der Waals surface area contributed by atoms with E-state index in [4.69, 9.17) is 0 Å². The molecule has 104 valence electrons. The van der Waals surface area contributed by atoms with E-state index in [0.29, 0.717) is 6.42 Å². The van der Waals surface area contributed by atoms with Crippen LogP contribution >= 0.6 is 11.3 Å². The van der Waals surface area contributed by atoms with Crippen molar-refractivity contribution in [3.63, 3.8) is 0 Å². The number of thiazole rings is 1. The van der Waals surface area contributed by atoms with E-state index in [1.807, 2.05) is 12.2 Å². The van der Waals surface area contributed by atoms with Crippen molar-refractivity contribution in [3.05, 3.63) is 23.4 Å². The first kappa shape index (κ1) is 14.2. The van der Waals surface area contributed by atoms with Gasteiger partial charge in [-0.05, 0) is 19.3 Å². The molecular weight excluding hydrogens is 288 g/mol. The minimum absolute atomic E-state index is 0.0890. The lowest BCUT2D eigenvalue weighted by Gasteiger charge is -2.18. The van der Waals surface area contributed by atoms with Gasteiger partial charge in [-0.2, -0.15) is 0 Å². The van der Waals surface area contributed by atoms with Gasteiger partial charge in [0.2, 0.25) is 0 Å². The molecule has 0 saturated carbocycles. The van der Waals surface area contributed by atoms with Crippen LogP contribution in [0, 0.1) is 0 Å². The molecule has 0 spiro atoms. The number of ether oxygens (including phenoxy) is 1. The lowest BCUT2D eigenvalue weighted by molar-refractivity contribution is 0.0590. The summed E-state index contributed by atoms with van der Waals surface area (Å²) in [6.07, 6.45) is 6.23. The van der Waals surface area contributed by atoms with E-state index in [0.717, 1.165) is 24.2 Å². The Morgan fingerprint density at radius 2 is 2.32 bits per heavy atom. The summed E-state index contributed by atoms with van der Waals surface area (Å²) in [5.41, 5.74) is 1.16. The number of sulfonamides is 1. The van der Waals surface area contributed by atoms with Crippen LogP contribution in [0.15, 0.2) is 21.9 Å². The van der Waals surface area contributed by atoms with Crippen molar-refractivity contribution < 1.29 is 17.9 Å². The second-order valence-electron chi connectivity index (χ2n) is 4.08. The molecule has 2 rings (SSSR count). The van der Waals surface area contributed by atoms with Crippen molar-refractivity contribution in [3.8, 4) is 0 Å². The van der Waals surface area contributed by atoms with E-state index in [2.05, 4.69) is 14.4 Å². The van der Waals surface area contributed by atoms with Crippen LogP contribution in [-0.4, -0.2) is 32.5 Å². The van der Waals surface area contributed by atoms with Crippen LogP contribution in [0.3, 0.4) is 0 Å². The van der Waals surface area contributed by atoms with Gasteiger partial charge in [0.05, 0.1) is 12.6 Å². The smallest absolute Gasteiger partial charge is 0.358 e. The summed E-state index contributed by atoms with van der Waals surface area (Å²) < 4.78 is 31.5. The highest BCUT2D eigenvalue weighted by Gasteiger charge is 2.28. The van der Waals surface area contributed by atoms with Gasteiger partial charge >= 0.3 is 5.97 Å². The third-order valence-corrected chi connectivity index (χ3v) is 5.64. The second-order valence-corrected chi connectivity index (χ2v) is 6.85. The predicted molar refractivity (Wildman–Crippen MR) is 70.6 cm³/mol. The Kier molecular flexibility index (Phi) is 4.33. The number of hydrogen-bond donors (Lipinski definition) is 1. The van der Waals surface area contributed by atoms with Crippen molar-refractivity contribution in [2.24, 2.45) is 0 Å². The summed E-state index contributed by atoms with van der Waals surface area (Å²) in [7, 11) is -2.54. The Balaban J connectivity index is 2.22. The van der Waals surface area contributed by atoms with Gasteiger partial charge in [0.25, 0.3) is 10.0 Å². The number of allylic oxidation sites excluding steroid dienone is 1. The highest BCUT2D eigenvalue weighted by Crippen LogP contribution is 2.22. The Bertz CT molecular complexity index is 592. The predicted octanol–water partition coefficient (Wildman–Crippen LogP) is 1.32. The first-order valence-corrected chi connectivity index (χ1v) is 8.10. The van der Waals surface area contributed by atoms with E-state index in [1.54, 1.807) is 0 Å². The van der Waals surface area contributed by atoms with Crippen LogP contribution in [0.2, 0.25) is 0 Å². The summed E-state index contributed by atoms with van der Waals surface area (Å²) in [4.78, 5) is 15.2. The maximum Gasteiger partial charge on any atom is 0.358 e. The molecule has 1 aliphatic carbocycles. The van der Waals surface area contributed by atoms with E-state index in [1.165, 1.54) is 12.6 Å². The molecule has 19 heavy (non-hydrogen) atoms. The zero-order valence-corrected chi connectivity index (χ0v) is 12.0. The summed E-state index contributed by atoms with van der Waals surface area (Å²) >= 11 is 0.908. The molecule has 1 atom stereocenters. The van der Waals surface area contributed by atoms with Crippen molar-refractivity contribution in [1.29, 1.82) is 0 Å². The summed E-state index contributed by atoms with van der Waals surface area (Å²) in [5.74, 6) is -0.745. The van der Waals surface area contributed by atoms with Crippen molar-refractivity contribution in [1.82, 2.24) is 9.71 Å². The number of rotatable bonds is 4. The Hall–Kier alpha value is -1.25. The van der Waals surface area contributed by atoms with Crippen molar-refractivity contribution in [2.75, 3.05) is 7.11 Å². The van der Waals surface area contributed by atoms with Crippen LogP contribution < -0.4 is 4.72 Å². The van der Waals surface area contributed by atoms with Gasteiger partial charge in [-0.25, -0.2) is 22.9 Å². The summed E-state index contributed by atoms with van der Waals surface area (Å²) in [5, 5.41) is 0. The lowest BCUT2D eigenvalue weighted by atomic mass is 10.0. The number of esters is 1. The average molecular weight is 302 g/mol. The van der Waals surface area contributed by atoms with Crippen LogP contribution in [0.25, 0.3) is 0 Å². The van der Waals surface area contributed by atoms with E-state index in [-0.39, 0.29) is 15.9 Å². The average Bonchev–Trinajstić information content (AvgIpc) is 2.88. The number of carbonyl (C=O) groups is 1. The Morgan fingerprint density at radius 1 is 1.53 bits per heavy atom. The quantitative estimate of drug-likeness (QED) is 0.669. The van der Waals surface area contributed by atoms with Gasteiger partial charge in [-0.3, -0.25) is 0 Å². The van der Waals surface area contributed by atoms with E-state index in [9.17, 15) is 13.2 Å². The number of carbonyl (C=O) groups excluding carboxylic acids is 1. The van der Waals surface area contributed by atoms with Crippen LogP contribution in [0.5, 0.6) is 0 Å². The van der Waals surface area contributed by atoms with Gasteiger partial charge in [-0.1, -0.05) is 12.2 Å². The molecule has 1 aromatic heterocycles. The van der Waals surface area contributed by atoms with Gasteiger partial charge in [0, 0.05) is 6.04 Å². The molecule has 0 amide bonds. The zero-order valence-electron chi connectivity index (χ0n) is 10.3. The molecule has 0 radical (unpaired) electrons. The topological polar surface area (TPSA) is 85.4 Å². The largest absolute Gasteiger partial charge is 0.464 e. The normalized spacial score (nSPS) is 19.3. The SMILES string of the molecule is COC(=O)c1ncsc1S(=O)(=O)NC1CC=CCC1. The van der Waals surface area contributed by atoms with Crippen LogP contribution in [0.1, 0.15) is 29.8 Å². The fraction of sp³-hybridized carbons (Fsp3) is 0.455. The number of nitrogens with one attached hydrogen (secondary N) is 1. The monoisotopic (exact) mass is 302 g/mol. The third kappa shape index (κ3) is 3.20. The number of nitrogens with zero attached hydrogens (tertiary/aromatic N) is 1. The highest BCUT2D eigenvalue weighted by atomic mass is 32.2. The third-order valence-electron chi connectivity index (χ3n) is 2.75. The fourth-order valence-electron chi connectivity index (χ4n) is 1.83. The summed E-state index contributed by atoms with van der Waals surface area (Å²) in [6, 6.07) is -0.136. The molecule has 1 heterocycles. The first-order chi connectivity index (χ1) is 9.04. The van der Waals surface area contributed by atoms with Gasteiger partial charge in [0.15, 0.2) is 9.90 Å². The molecule has 1 N–H and O–H groups in total. The Labute approximate surface area is 115 Å². The van der Waals surface area contributed by atoms with Crippen molar-refractivity contribution in [2.45, 2.75) is 29.5 Å². The maximum absolute atomic E-state index is 12.2. The standard InChI is InChI=1S/C11H14N2O4S2/c1-17-10(14)9-11(18-7-12-9)19(15,16)13-8-5-3-2-4-6-8/h2-3,7-8,13H,4-6H2,1H3. The molecule has 0 fully saturated rings. The van der Waals surface area contributed by atoms with Gasteiger partial charge in [0.1, 0.15) is 0 Å². The van der Waals surface area contributed by atoms with E-state index >= 15 is 0 Å². The molecule has 6 nitrogen and oxygen atoms in total. The Morgan fingerprint density at radius 3 is 2.95 bits per heavy atom. The number of methoxy groups -OCH3 is 1. The van der Waals surface area contributed by atoms with Crippen molar-refractivity contribution >= 4 is 27.3 Å². The molecule has 1 aromatic rings. The highest BCUT2D eigenvalue weighted by molar-refractivity contribution is 7.91. The molecule has 0 saturated heterocycles. The minimum Gasteiger partial charge on any atom is -0.464 e.